The van der Waals surface area contributed by atoms with Gasteiger partial charge < -0.3 is 4.90 Å². The fourth-order valence-electron chi connectivity index (χ4n) is 3.95. The topological polar surface area (TPSA) is 40.6 Å². The van der Waals surface area contributed by atoms with Gasteiger partial charge in [-0.1, -0.05) is 54.4 Å². The number of anilines is 1. The molecule has 2 aliphatic rings. The van der Waals surface area contributed by atoms with E-state index in [1.165, 1.54) is 4.90 Å². The number of halogens is 2. The lowest BCUT2D eigenvalue weighted by Crippen LogP contribution is -2.39. The summed E-state index contributed by atoms with van der Waals surface area (Å²) in [6, 6.07) is 14.0. The van der Waals surface area contributed by atoms with E-state index in [2.05, 4.69) is 6.92 Å². The smallest absolute Gasteiger partial charge is 0.282 e. The number of rotatable bonds is 3. The number of nitrogens with zero attached hydrogens (tertiary/aromatic N) is 2. The molecule has 28 heavy (non-hydrogen) atoms. The first-order valence-electron chi connectivity index (χ1n) is 9.36. The van der Waals surface area contributed by atoms with Gasteiger partial charge in [0.25, 0.3) is 11.8 Å². The SMILES string of the molecule is CC1CCCN(C2=C(c3ccc(Cl)cc3Cl)C(=O)N(c3ccccc3)C2=O)C1. The Hall–Kier alpha value is -2.30. The summed E-state index contributed by atoms with van der Waals surface area (Å²) in [4.78, 5) is 30.1. The van der Waals surface area contributed by atoms with Crippen LogP contribution in [0.5, 0.6) is 0 Å². The molecule has 0 radical (unpaired) electrons. The fraction of sp³-hybridized carbons (Fsp3) is 0.273. The molecule has 0 saturated carbocycles. The first kappa shape index (κ1) is 19.0. The summed E-state index contributed by atoms with van der Waals surface area (Å²) in [5, 5.41) is 0.848. The van der Waals surface area contributed by atoms with E-state index in [0.717, 1.165) is 25.9 Å². The van der Waals surface area contributed by atoms with Crippen molar-refractivity contribution in [3.8, 4) is 0 Å². The molecule has 0 aromatic heterocycles. The maximum Gasteiger partial charge on any atom is 0.282 e. The molecule has 2 aliphatic heterocycles. The molecule has 0 bridgehead atoms. The summed E-state index contributed by atoms with van der Waals surface area (Å²) in [5.74, 6) is -0.197. The first-order chi connectivity index (χ1) is 13.5. The number of hydrogen-bond donors (Lipinski definition) is 0. The minimum absolute atomic E-state index is 0.300. The number of hydrogen-bond acceptors (Lipinski definition) is 3. The van der Waals surface area contributed by atoms with Gasteiger partial charge in [0.05, 0.1) is 16.3 Å². The van der Waals surface area contributed by atoms with Crippen molar-refractivity contribution < 1.29 is 9.59 Å². The Labute approximate surface area is 174 Å². The highest BCUT2D eigenvalue weighted by Gasteiger charge is 2.43. The molecule has 2 heterocycles. The van der Waals surface area contributed by atoms with Crippen LogP contribution in [0.3, 0.4) is 0 Å². The second kappa shape index (κ2) is 7.61. The van der Waals surface area contributed by atoms with E-state index in [4.69, 9.17) is 23.2 Å². The molecular formula is C22H20Cl2N2O2. The van der Waals surface area contributed by atoms with Gasteiger partial charge >= 0.3 is 0 Å². The van der Waals surface area contributed by atoms with Crippen LogP contribution in [0.1, 0.15) is 25.3 Å². The van der Waals surface area contributed by atoms with Crippen molar-refractivity contribution in [3.05, 3.63) is 69.8 Å². The van der Waals surface area contributed by atoms with Crippen LogP contribution >= 0.6 is 23.2 Å². The average molecular weight is 415 g/mol. The lowest BCUT2D eigenvalue weighted by molar-refractivity contribution is -0.120. The number of benzene rings is 2. The Morgan fingerprint density at radius 2 is 1.75 bits per heavy atom. The second-order valence-corrected chi connectivity index (χ2v) is 8.17. The first-order valence-corrected chi connectivity index (χ1v) is 10.1. The lowest BCUT2D eigenvalue weighted by atomic mass is 9.97. The highest BCUT2D eigenvalue weighted by Crippen LogP contribution is 2.39. The highest BCUT2D eigenvalue weighted by molar-refractivity contribution is 6.47. The molecule has 6 heteroatoms. The molecule has 1 fully saturated rings. The van der Waals surface area contributed by atoms with Crippen molar-refractivity contribution in [2.45, 2.75) is 19.8 Å². The predicted molar refractivity (Wildman–Crippen MR) is 112 cm³/mol. The van der Waals surface area contributed by atoms with Crippen molar-refractivity contribution in [1.82, 2.24) is 4.90 Å². The normalized spacial score (nSPS) is 20.3. The Balaban J connectivity index is 1.87. The lowest BCUT2D eigenvalue weighted by Gasteiger charge is -2.33. The molecule has 4 rings (SSSR count). The van der Waals surface area contributed by atoms with Gasteiger partial charge in [0, 0.05) is 23.7 Å². The maximum absolute atomic E-state index is 13.4. The fourth-order valence-corrected chi connectivity index (χ4v) is 4.45. The number of carbonyl (C=O) groups excluding carboxylic acids is 2. The van der Waals surface area contributed by atoms with Gasteiger partial charge in [0.15, 0.2) is 0 Å². The number of imide groups is 1. The number of piperidine rings is 1. The van der Waals surface area contributed by atoms with E-state index in [1.807, 2.05) is 23.1 Å². The number of likely N-dealkylation sites (tertiary alicyclic amines) is 1. The molecule has 4 nitrogen and oxygen atoms in total. The quantitative estimate of drug-likeness (QED) is 0.662. The molecule has 2 aromatic rings. The van der Waals surface area contributed by atoms with Crippen molar-refractivity contribution in [3.63, 3.8) is 0 Å². The molecule has 1 atom stereocenters. The molecular weight excluding hydrogens is 395 g/mol. The van der Waals surface area contributed by atoms with Crippen molar-refractivity contribution in [1.29, 1.82) is 0 Å². The molecule has 0 N–H and O–H groups in total. The van der Waals surface area contributed by atoms with Gasteiger partial charge in [-0.05, 0) is 43.0 Å². The zero-order valence-electron chi connectivity index (χ0n) is 15.5. The van der Waals surface area contributed by atoms with Crippen LogP contribution in [0, 0.1) is 5.92 Å². The summed E-state index contributed by atoms with van der Waals surface area (Å²) < 4.78 is 0. The van der Waals surface area contributed by atoms with Crippen LogP contribution in [-0.4, -0.2) is 29.8 Å². The summed E-state index contributed by atoms with van der Waals surface area (Å²) >= 11 is 12.5. The van der Waals surface area contributed by atoms with Crippen molar-refractivity contribution in [2.75, 3.05) is 18.0 Å². The summed E-state index contributed by atoms with van der Waals surface area (Å²) in [6.45, 7) is 3.65. The zero-order valence-corrected chi connectivity index (χ0v) is 17.0. The van der Waals surface area contributed by atoms with Gasteiger partial charge in [-0.3, -0.25) is 9.59 Å². The summed E-state index contributed by atoms with van der Waals surface area (Å²) in [7, 11) is 0. The van der Waals surface area contributed by atoms with E-state index >= 15 is 0 Å². The molecule has 2 aromatic carbocycles. The second-order valence-electron chi connectivity index (χ2n) is 7.32. The van der Waals surface area contributed by atoms with Crippen LogP contribution in [-0.2, 0) is 9.59 Å². The van der Waals surface area contributed by atoms with Crippen LogP contribution in [0.15, 0.2) is 54.2 Å². The van der Waals surface area contributed by atoms with Crippen molar-refractivity contribution in [2.24, 2.45) is 5.92 Å². The maximum atomic E-state index is 13.4. The number of para-hydroxylation sites is 1. The van der Waals surface area contributed by atoms with E-state index in [1.54, 1.807) is 30.3 Å². The summed E-state index contributed by atoms with van der Waals surface area (Å²) in [5.41, 5.74) is 1.88. The van der Waals surface area contributed by atoms with Crippen LogP contribution < -0.4 is 4.90 Å². The molecule has 1 unspecified atom stereocenters. The third-order valence-corrected chi connectivity index (χ3v) is 5.80. The Morgan fingerprint density at radius 3 is 2.43 bits per heavy atom. The molecule has 0 spiro atoms. The molecule has 0 aliphatic carbocycles. The van der Waals surface area contributed by atoms with E-state index in [-0.39, 0.29) is 11.8 Å². The van der Waals surface area contributed by atoms with E-state index < -0.39 is 0 Å². The van der Waals surface area contributed by atoms with Crippen LogP contribution in [0.2, 0.25) is 10.0 Å². The largest absolute Gasteiger partial charge is 0.366 e. The molecule has 1 saturated heterocycles. The van der Waals surface area contributed by atoms with Crippen LogP contribution in [0.25, 0.3) is 5.57 Å². The van der Waals surface area contributed by atoms with E-state index in [0.29, 0.717) is 38.5 Å². The van der Waals surface area contributed by atoms with Gasteiger partial charge in [0.2, 0.25) is 0 Å². The minimum atomic E-state index is -0.353. The predicted octanol–water partition coefficient (Wildman–Crippen LogP) is 5.01. The van der Waals surface area contributed by atoms with Gasteiger partial charge in [-0.25, -0.2) is 4.90 Å². The van der Waals surface area contributed by atoms with Gasteiger partial charge in [-0.2, -0.15) is 0 Å². The van der Waals surface area contributed by atoms with Gasteiger partial charge in [0.1, 0.15) is 5.70 Å². The Morgan fingerprint density at radius 1 is 1.00 bits per heavy atom. The average Bonchev–Trinajstić information content (AvgIpc) is 2.93. The number of amides is 2. The third kappa shape index (κ3) is 3.31. The monoisotopic (exact) mass is 414 g/mol. The van der Waals surface area contributed by atoms with Crippen LogP contribution in [0.4, 0.5) is 5.69 Å². The standard InChI is InChI=1S/C22H20Cl2N2O2/c1-14-6-5-11-25(13-14)20-19(17-10-9-15(23)12-18(17)24)21(27)26(22(20)28)16-7-3-2-4-8-16/h2-4,7-10,12,14H,5-6,11,13H2,1H3. The molecule has 2 amide bonds. The highest BCUT2D eigenvalue weighted by atomic mass is 35.5. The van der Waals surface area contributed by atoms with E-state index in [9.17, 15) is 9.59 Å². The molecule has 144 valence electrons. The Bertz CT molecular complexity index is 972. The zero-order chi connectivity index (χ0) is 19.8. The number of carbonyl (C=O) groups is 2. The minimum Gasteiger partial charge on any atom is -0.366 e. The van der Waals surface area contributed by atoms with Crippen molar-refractivity contribution >= 4 is 46.3 Å². The third-order valence-electron chi connectivity index (χ3n) is 5.25. The summed E-state index contributed by atoms with van der Waals surface area (Å²) in [6.07, 6.45) is 2.10. The van der Waals surface area contributed by atoms with Gasteiger partial charge in [-0.15, -0.1) is 0 Å². The Kier molecular flexibility index (Phi) is 5.17.